The van der Waals surface area contributed by atoms with Crippen LogP contribution in [0, 0.1) is 0 Å². The highest BCUT2D eigenvalue weighted by atomic mass is 35.5. The quantitative estimate of drug-likeness (QED) is 0.582. The summed E-state index contributed by atoms with van der Waals surface area (Å²) < 4.78 is 11.3. The molecule has 0 aliphatic rings. The molecule has 112 valence electrons. The molecule has 0 bridgehead atoms. The lowest BCUT2D eigenvalue weighted by Gasteiger charge is -2.13. The number of rotatable bonds is 8. The Morgan fingerprint density at radius 2 is 1.62 bits per heavy atom. The second kappa shape index (κ2) is 8.42. The molecule has 21 heavy (non-hydrogen) atoms. The lowest BCUT2D eigenvalue weighted by atomic mass is 10.2. The van der Waals surface area contributed by atoms with Crippen LogP contribution in [0.25, 0.3) is 0 Å². The van der Waals surface area contributed by atoms with Gasteiger partial charge in [0.25, 0.3) is 0 Å². The van der Waals surface area contributed by atoms with Gasteiger partial charge < -0.3 is 14.8 Å². The van der Waals surface area contributed by atoms with Crippen molar-refractivity contribution in [2.24, 2.45) is 0 Å². The lowest BCUT2D eigenvalue weighted by Crippen LogP contribution is -2.12. The van der Waals surface area contributed by atoms with Crippen molar-refractivity contribution in [3.8, 4) is 11.5 Å². The first-order valence-electron chi connectivity index (χ1n) is 7.07. The molecule has 0 saturated carbocycles. The Morgan fingerprint density at radius 1 is 0.952 bits per heavy atom. The van der Waals surface area contributed by atoms with Crippen LogP contribution >= 0.6 is 11.6 Å². The predicted octanol–water partition coefficient (Wildman–Crippen LogP) is 4.32. The van der Waals surface area contributed by atoms with E-state index in [1.165, 1.54) is 0 Å². The molecule has 0 aromatic heterocycles. The Morgan fingerprint density at radius 3 is 2.33 bits per heavy atom. The molecule has 0 atom stereocenters. The van der Waals surface area contributed by atoms with Crippen molar-refractivity contribution < 1.29 is 9.47 Å². The second-order valence-corrected chi connectivity index (χ2v) is 4.71. The summed E-state index contributed by atoms with van der Waals surface area (Å²) in [4.78, 5) is 0. The molecule has 0 fully saturated rings. The smallest absolute Gasteiger partial charge is 0.161 e. The van der Waals surface area contributed by atoms with Gasteiger partial charge in [-0.25, -0.2) is 0 Å². The molecule has 0 unspecified atom stereocenters. The Labute approximate surface area is 130 Å². The number of hydrogen-bond acceptors (Lipinski definition) is 3. The maximum atomic E-state index is 5.91. The summed E-state index contributed by atoms with van der Waals surface area (Å²) >= 11 is 5.91. The van der Waals surface area contributed by atoms with Gasteiger partial charge in [-0.2, -0.15) is 0 Å². The molecular weight excluding hydrogens is 286 g/mol. The predicted molar refractivity (Wildman–Crippen MR) is 87.6 cm³/mol. The minimum Gasteiger partial charge on any atom is -0.490 e. The molecule has 0 aliphatic heterocycles. The van der Waals surface area contributed by atoms with Crippen molar-refractivity contribution in [2.45, 2.75) is 12.8 Å². The van der Waals surface area contributed by atoms with Crippen LogP contribution in [-0.4, -0.2) is 19.8 Å². The van der Waals surface area contributed by atoms with E-state index < -0.39 is 0 Å². The van der Waals surface area contributed by atoms with Crippen LogP contribution in [0.1, 0.15) is 12.5 Å². The van der Waals surface area contributed by atoms with Gasteiger partial charge in [0.15, 0.2) is 11.5 Å². The molecule has 0 radical (unpaired) electrons. The van der Waals surface area contributed by atoms with E-state index in [1.54, 1.807) is 0 Å². The molecule has 2 rings (SSSR count). The van der Waals surface area contributed by atoms with Gasteiger partial charge in [-0.15, -0.1) is 11.6 Å². The van der Waals surface area contributed by atoms with E-state index in [0.717, 1.165) is 22.7 Å². The number of nitrogens with one attached hydrogen (secondary N) is 1. The summed E-state index contributed by atoms with van der Waals surface area (Å²) in [6.45, 7) is 3.85. The molecule has 4 heteroatoms. The van der Waals surface area contributed by atoms with Gasteiger partial charge in [0.05, 0.1) is 6.61 Å². The van der Waals surface area contributed by atoms with E-state index in [9.17, 15) is 0 Å². The zero-order valence-corrected chi connectivity index (χ0v) is 12.9. The van der Waals surface area contributed by atoms with Gasteiger partial charge in [0.2, 0.25) is 0 Å². The van der Waals surface area contributed by atoms with Gasteiger partial charge in [-0.1, -0.05) is 30.3 Å². The SMILES string of the molecule is CCOc1ccccc1OCCNc1ccccc1CCl. The monoisotopic (exact) mass is 305 g/mol. The minimum atomic E-state index is 0.497. The third kappa shape index (κ3) is 4.57. The molecule has 1 N–H and O–H groups in total. The Kier molecular flexibility index (Phi) is 6.22. The van der Waals surface area contributed by atoms with Crippen LogP contribution in [0.4, 0.5) is 5.69 Å². The highest BCUT2D eigenvalue weighted by Gasteiger charge is 2.03. The number of para-hydroxylation sites is 3. The first-order chi connectivity index (χ1) is 10.3. The fraction of sp³-hybridized carbons (Fsp3) is 0.294. The molecular formula is C17H20ClNO2. The first kappa shape index (κ1) is 15.5. The first-order valence-corrected chi connectivity index (χ1v) is 7.61. The molecule has 0 saturated heterocycles. The highest BCUT2D eigenvalue weighted by molar-refractivity contribution is 6.17. The van der Waals surface area contributed by atoms with E-state index in [4.69, 9.17) is 21.1 Å². The third-order valence-electron chi connectivity index (χ3n) is 2.99. The fourth-order valence-electron chi connectivity index (χ4n) is 2.00. The third-order valence-corrected chi connectivity index (χ3v) is 3.27. The standard InChI is InChI=1S/C17H20ClNO2/c1-2-20-16-9-5-6-10-17(16)21-12-11-19-15-8-4-3-7-14(15)13-18/h3-10,19H,2,11-13H2,1H3. The summed E-state index contributed by atoms with van der Waals surface area (Å²) in [5, 5.41) is 3.34. The van der Waals surface area contributed by atoms with Crippen LogP contribution in [0.5, 0.6) is 11.5 Å². The normalized spacial score (nSPS) is 10.2. The van der Waals surface area contributed by atoms with Crippen molar-refractivity contribution in [1.29, 1.82) is 0 Å². The van der Waals surface area contributed by atoms with Crippen LogP contribution in [0.3, 0.4) is 0 Å². The average molecular weight is 306 g/mol. The Bertz CT molecular complexity index is 560. The molecule has 2 aromatic rings. The zero-order valence-electron chi connectivity index (χ0n) is 12.1. The van der Waals surface area contributed by atoms with Crippen molar-refractivity contribution in [3.63, 3.8) is 0 Å². The molecule has 0 aliphatic carbocycles. The maximum Gasteiger partial charge on any atom is 0.161 e. The van der Waals surface area contributed by atoms with Crippen LogP contribution in [0.2, 0.25) is 0 Å². The molecule has 0 amide bonds. The van der Waals surface area contributed by atoms with Gasteiger partial charge >= 0.3 is 0 Å². The summed E-state index contributed by atoms with van der Waals surface area (Å²) in [7, 11) is 0. The number of ether oxygens (including phenoxy) is 2. The molecule has 0 spiro atoms. The summed E-state index contributed by atoms with van der Waals surface area (Å²) in [5.74, 6) is 2.05. The van der Waals surface area contributed by atoms with Crippen molar-refractivity contribution in [1.82, 2.24) is 0 Å². The van der Waals surface area contributed by atoms with Crippen molar-refractivity contribution >= 4 is 17.3 Å². The summed E-state index contributed by atoms with van der Waals surface area (Å²) in [5.41, 5.74) is 2.14. The summed E-state index contributed by atoms with van der Waals surface area (Å²) in [6.07, 6.45) is 0. The van der Waals surface area contributed by atoms with Gasteiger partial charge in [0, 0.05) is 18.1 Å². The van der Waals surface area contributed by atoms with E-state index in [1.807, 2.05) is 55.5 Å². The van der Waals surface area contributed by atoms with E-state index in [2.05, 4.69) is 5.32 Å². The number of alkyl halides is 1. The molecule has 3 nitrogen and oxygen atoms in total. The van der Waals surface area contributed by atoms with E-state index in [-0.39, 0.29) is 0 Å². The second-order valence-electron chi connectivity index (χ2n) is 4.45. The van der Waals surface area contributed by atoms with Gasteiger partial charge in [-0.05, 0) is 30.7 Å². The van der Waals surface area contributed by atoms with Crippen LogP contribution < -0.4 is 14.8 Å². The van der Waals surface area contributed by atoms with Crippen molar-refractivity contribution in [2.75, 3.05) is 25.1 Å². The topological polar surface area (TPSA) is 30.5 Å². The van der Waals surface area contributed by atoms with Crippen molar-refractivity contribution in [3.05, 3.63) is 54.1 Å². The van der Waals surface area contributed by atoms with Crippen LogP contribution in [0.15, 0.2) is 48.5 Å². The Balaban J connectivity index is 1.85. The maximum absolute atomic E-state index is 5.91. The Hall–Kier alpha value is -1.87. The van der Waals surface area contributed by atoms with Gasteiger partial charge in [0.1, 0.15) is 6.61 Å². The average Bonchev–Trinajstić information content (AvgIpc) is 2.53. The van der Waals surface area contributed by atoms with E-state index in [0.29, 0.717) is 25.6 Å². The summed E-state index contributed by atoms with van der Waals surface area (Å²) in [6, 6.07) is 15.7. The number of benzene rings is 2. The highest BCUT2D eigenvalue weighted by Crippen LogP contribution is 2.26. The number of anilines is 1. The van der Waals surface area contributed by atoms with E-state index >= 15 is 0 Å². The molecule has 0 heterocycles. The zero-order chi connectivity index (χ0) is 14.9. The number of halogens is 1. The number of hydrogen-bond donors (Lipinski definition) is 1. The molecule has 2 aromatic carbocycles. The lowest BCUT2D eigenvalue weighted by molar-refractivity contribution is 0.284. The fourth-order valence-corrected chi connectivity index (χ4v) is 2.23. The van der Waals surface area contributed by atoms with Crippen LogP contribution in [-0.2, 0) is 5.88 Å². The minimum absolute atomic E-state index is 0.497. The van der Waals surface area contributed by atoms with Gasteiger partial charge in [-0.3, -0.25) is 0 Å². The largest absolute Gasteiger partial charge is 0.490 e.